The topological polar surface area (TPSA) is 95.9 Å². The summed E-state index contributed by atoms with van der Waals surface area (Å²) >= 11 is 0. The van der Waals surface area contributed by atoms with Gasteiger partial charge in [0.05, 0.1) is 25.4 Å². The zero-order valence-corrected chi connectivity index (χ0v) is 44.7. The first-order valence-electron chi connectivity index (χ1n) is 29.9. The fourth-order valence-corrected chi connectivity index (χ4v) is 9.46. The average Bonchev–Trinajstić information content (AvgIpc) is 3.32. The van der Waals surface area contributed by atoms with Crippen LogP contribution in [0.4, 0.5) is 0 Å². The Labute approximate surface area is 412 Å². The van der Waals surface area contributed by atoms with E-state index in [9.17, 15) is 19.8 Å². The van der Waals surface area contributed by atoms with Crippen LogP contribution in [0.3, 0.4) is 0 Å². The number of esters is 1. The summed E-state index contributed by atoms with van der Waals surface area (Å²) in [6.45, 7) is 4.95. The van der Waals surface area contributed by atoms with Gasteiger partial charge in [-0.05, 0) is 51.4 Å². The number of ether oxygens (including phenoxy) is 1. The Bertz CT molecular complexity index is 986. The number of rotatable bonds is 56. The smallest absolute Gasteiger partial charge is 0.305 e. The maximum absolute atomic E-state index is 12.5. The number of hydrogen-bond donors (Lipinski definition) is 3. The summed E-state index contributed by atoms with van der Waals surface area (Å²) in [5.74, 6) is -0.0285. The Morgan fingerprint density at radius 2 is 0.712 bits per heavy atom. The molecular weight excluding hydrogens is 815 g/mol. The largest absolute Gasteiger partial charge is 0.466 e. The molecule has 1 amide bonds. The SMILES string of the molecule is CCCCCCCC/C=C\CCCCCCCC(=O)OCCCCCCCCCCCCCCCCCCCCCCCCC(=O)NC(CO)C(O)CCCCCCCCCCCCCC. The molecule has 0 heterocycles. The molecule has 0 saturated heterocycles. The van der Waals surface area contributed by atoms with Crippen molar-refractivity contribution in [3.05, 3.63) is 12.2 Å². The van der Waals surface area contributed by atoms with Crippen LogP contribution in [-0.4, -0.2) is 47.4 Å². The lowest BCUT2D eigenvalue weighted by molar-refractivity contribution is -0.143. The van der Waals surface area contributed by atoms with Crippen LogP contribution in [0.5, 0.6) is 0 Å². The van der Waals surface area contributed by atoms with Gasteiger partial charge in [0, 0.05) is 12.8 Å². The van der Waals surface area contributed by atoms with Crippen molar-refractivity contribution in [2.24, 2.45) is 0 Å². The lowest BCUT2D eigenvalue weighted by atomic mass is 10.0. The van der Waals surface area contributed by atoms with Gasteiger partial charge in [0.25, 0.3) is 0 Å². The standard InChI is InChI=1S/C60H117NO5/c1-3-5-7-9-11-13-15-17-26-30-34-38-42-46-50-54-60(65)66-55-51-47-43-39-35-31-28-25-23-21-19-18-20-22-24-27-29-33-37-41-45-49-53-59(64)61-57(56-62)58(63)52-48-44-40-36-32-16-14-12-10-8-6-4-2/h17,26,57-58,62-63H,3-16,18-25,27-56H2,1-2H3,(H,61,64)/b26-17-. The maximum atomic E-state index is 12.5. The van der Waals surface area contributed by atoms with Crippen molar-refractivity contribution in [1.82, 2.24) is 5.32 Å². The molecule has 66 heavy (non-hydrogen) atoms. The summed E-state index contributed by atoms with van der Waals surface area (Å²) in [4.78, 5) is 24.5. The van der Waals surface area contributed by atoms with Gasteiger partial charge in [0.2, 0.25) is 5.91 Å². The number of unbranched alkanes of at least 4 members (excludes halogenated alkanes) is 43. The van der Waals surface area contributed by atoms with Crippen molar-refractivity contribution in [1.29, 1.82) is 0 Å². The van der Waals surface area contributed by atoms with Gasteiger partial charge in [-0.2, -0.15) is 0 Å². The van der Waals surface area contributed by atoms with Gasteiger partial charge in [0.1, 0.15) is 0 Å². The van der Waals surface area contributed by atoms with E-state index in [1.165, 1.54) is 257 Å². The molecule has 0 aromatic carbocycles. The third kappa shape index (κ3) is 52.0. The molecule has 0 rings (SSSR count). The van der Waals surface area contributed by atoms with Crippen molar-refractivity contribution in [3.8, 4) is 0 Å². The predicted molar refractivity (Wildman–Crippen MR) is 287 cm³/mol. The number of allylic oxidation sites excluding steroid dienone is 2. The number of aliphatic hydroxyl groups excluding tert-OH is 2. The molecule has 6 heteroatoms. The molecular formula is C60H117NO5. The van der Waals surface area contributed by atoms with Crippen LogP contribution in [0.2, 0.25) is 0 Å². The molecule has 0 aliphatic rings. The van der Waals surface area contributed by atoms with Gasteiger partial charge < -0.3 is 20.3 Å². The molecule has 3 N–H and O–H groups in total. The third-order valence-corrected chi connectivity index (χ3v) is 14.1. The molecule has 0 aromatic rings. The van der Waals surface area contributed by atoms with E-state index in [1.54, 1.807) is 0 Å². The molecule has 0 radical (unpaired) electrons. The minimum Gasteiger partial charge on any atom is -0.466 e. The Morgan fingerprint density at radius 1 is 0.409 bits per heavy atom. The molecule has 6 nitrogen and oxygen atoms in total. The van der Waals surface area contributed by atoms with Crippen LogP contribution in [-0.2, 0) is 14.3 Å². The third-order valence-electron chi connectivity index (χ3n) is 14.1. The number of nitrogens with one attached hydrogen (secondary N) is 1. The van der Waals surface area contributed by atoms with Crippen LogP contribution >= 0.6 is 0 Å². The fraction of sp³-hybridized carbons (Fsp3) is 0.933. The number of carbonyl (C=O) groups is 2. The van der Waals surface area contributed by atoms with Crippen LogP contribution < -0.4 is 5.32 Å². The summed E-state index contributed by atoms with van der Waals surface area (Å²) in [5.41, 5.74) is 0. The van der Waals surface area contributed by atoms with E-state index in [4.69, 9.17) is 4.74 Å². The van der Waals surface area contributed by atoms with Crippen molar-refractivity contribution < 1.29 is 24.5 Å². The molecule has 0 aromatic heterocycles. The quantitative estimate of drug-likeness (QED) is 0.0321. The fourth-order valence-electron chi connectivity index (χ4n) is 9.46. The number of aliphatic hydroxyl groups is 2. The van der Waals surface area contributed by atoms with E-state index in [0.717, 1.165) is 44.9 Å². The Morgan fingerprint density at radius 3 is 1.08 bits per heavy atom. The van der Waals surface area contributed by atoms with Gasteiger partial charge in [-0.1, -0.05) is 283 Å². The zero-order chi connectivity index (χ0) is 47.9. The summed E-state index contributed by atoms with van der Waals surface area (Å²) < 4.78 is 5.48. The van der Waals surface area contributed by atoms with Crippen LogP contribution in [0.15, 0.2) is 12.2 Å². The molecule has 0 aliphatic carbocycles. The number of carbonyl (C=O) groups excluding carboxylic acids is 2. The van der Waals surface area contributed by atoms with Gasteiger partial charge in [-0.3, -0.25) is 9.59 Å². The molecule has 392 valence electrons. The van der Waals surface area contributed by atoms with E-state index >= 15 is 0 Å². The predicted octanol–water partition coefficient (Wildman–Crippen LogP) is 18.5. The van der Waals surface area contributed by atoms with Gasteiger partial charge in [0.15, 0.2) is 0 Å². The highest BCUT2D eigenvalue weighted by Crippen LogP contribution is 2.18. The number of hydrogen-bond acceptors (Lipinski definition) is 5. The van der Waals surface area contributed by atoms with Gasteiger partial charge in [-0.15, -0.1) is 0 Å². The average molecular weight is 933 g/mol. The highest BCUT2D eigenvalue weighted by atomic mass is 16.5. The van der Waals surface area contributed by atoms with Crippen molar-refractivity contribution in [2.75, 3.05) is 13.2 Å². The van der Waals surface area contributed by atoms with Crippen LogP contribution in [0.25, 0.3) is 0 Å². The summed E-state index contributed by atoms with van der Waals surface area (Å²) in [7, 11) is 0. The molecule has 2 atom stereocenters. The first-order valence-corrected chi connectivity index (χ1v) is 29.9. The second-order valence-electron chi connectivity index (χ2n) is 20.7. The van der Waals surface area contributed by atoms with E-state index < -0.39 is 12.1 Å². The highest BCUT2D eigenvalue weighted by Gasteiger charge is 2.20. The van der Waals surface area contributed by atoms with E-state index in [0.29, 0.717) is 25.9 Å². The second-order valence-corrected chi connectivity index (χ2v) is 20.7. The Hall–Kier alpha value is -1.40. The van der Waals surface area contributed by atoms with Gasteiger partial charge in [-0.25, -0.2) is 0 Å². The van der Waals surface area contributed by atoms with E-state index in [1.807, 2.05) is 0 Å². The summed E-state index contributed by atoms with van der Waals surface area (Å²) in [6.07, 6.45) is 66.4. The van der Waals surface area contributed by atoms with Crippen molar-refractivity contribution in [3.63, 3.8) is 0 Å². The monoisotopic (exact) mass is 932 g/mol. The van der Waals surface area contributed by atoms with E-state index in [2.05, 4.69) is 31.3 Å². The zero-order valence-electron chi connectivity index (χ0n) is 44.7. The Kier molecular flexibility index (Phi) is 55.0. The van der Waals surface area contributed by atoms with Gasteiger partial charge >= 0.3 is 5.97 Å². The molecule has 0 bridgehead atoms. The highest BCUT2D eigenvalue weighted by molar-refractivity contribution is 5.76. The number of amides is 1. The normalized spacial score (nSPS) is 12.6. The molecule has 0 saturated carbocycles. The summed E-state index contributed by atoms with van der Waals surface area (Å²) in [5, 5.41) is 23.2. The lowest BCUT2D eigenvalue weighted by Gasteiger charge is -2.22. The summed E-state index contributed by atoms with van der Waals surface area (Å²) in [6, 6.07) is -0.540. The molecule has 0 aliphatic heterocycles. The first kappa shape index (κ1) is 64.6. The van der Waals surface area contributed by atoms with Crippen molar-refractivity contribution >= 4 is 11.9 Å². The first-order chi connectivity index (χ1) is 32.5. The second kappa shape index (κ2) is 56.2. The maximum Gasteiger partial charge on any atom is 0.305 e. The van der Waals surface area contributed by atoms with Crippen LogP contribution in [0, 0.1) is 0 Å². The van der Waals surface area contributed by atoms with Crippen LogP contribution in [0.1, 0.15) is 335 Å². The molecule has 2 unspecified atom stereocenters. The molecule has 0 spiro atoms. The van der Waals surface area contributed by atoms with E-state index in [-0.39, 0.29) is 18.5 Å². The van der Waals surface area contributed by atoms with Crippen molar-refractivity contribution in [2.45, 2.75) is 347 Å². The minimum atomic E-state index is -0.662. The lowest BCUT2D eigenvalue weighted by Crippen LogP contribution is -2.45. The molecule has 0 fully saturated rings. The minimum absolute atomic E-state index is 0.00583. The Balaban J connectivity index is 3.36.